The monoisotopic (exact) mass is 396 g/mol. The van der Waals surface area contributed by atoms with E-state index < -0.39 is 12.1 Å². The number of anilines is 1. The summed E-state index contributed by atoms with van der Waals surface area (Å²) in [5.74, 6) is 0.223. The van der Waals surface area contributed by atoms with E-state index in [-0.39, 0.29) is 26.7 Å². The minimum atomic E-state index is -0.981. The van der Waals surface area contributed by atoms with E-state index in [2.05, 4.69) is 18.8 Å². The van der Waals surface area contributed by atoms with Crippen LogP contribution in [0, 0.1) is 11.9 Å². The Bertz CT molecular complexity index is 573. The van der Waals surface area contributed by atoms with E-state index in [1.807, 2.05) is 0 Å². The van der Waals surface area contributed by atoms with Gasteiger partial charge in [-0.3, -0.25) is 4.79 Å². The first-order chi connectivity index (χ1) is 11.2. The third-order valence-electron chi connectivity index (χ3n) is 3.33. The number of hydrogen-bond acceptors (Lipinski definition) is 5. The summed E-state index contributed by atoms with van der Waals surface area (Å²) in [7, 11) is 0. The van der Waals surface area contributed by atoms with Gasteiger partial charge in [0.05, 0.1) is 5.69 Å². The van der Waals surface area contributed by atoms with Crippen molar-refractivity contribution in [2.24, 2.45) is 5.92 Å². The number of unbranched alkanes of at least 4 members (excludes halogenated alkanes) is 2. The fourth-order valence-corrected chi connectivity index (χ4v) is 3.12. The normalized spacial score (nSPS) is 12.5. The molecule has 1 aromatic rings. The Kier molecular flexibility index (Phi) is 9.16. The van der Waals surface area contributed by atoms with Crippen molar-refractivity contribution in [1.82, 2.24) is 4.98 Å². The second-order valence-electron chi connectivity index (χ2n) is 5.92. The molecule has 24 heavy (non-hydrogen) atoms. The van der Waals surface area contributed by atoms with Gasteiger partial charge < -0.3 is 10.5 Å². The zero-order valence-corrected chi connectivity index (χ0v) is 16.4. The van der Waals surface area contributed by atoms with Crippen LogP contribution in [-0.4, -0.2) is 22.0 Å². The van der Waals surface area contributed by atoms with Gasteiger partial charge in [0.25, 0.3) is 0 Å². The Hall–Kier alpha value is -0.720. The summed E-state index contributed by atoms with van der Waals surface area (Å²) in [6.07, 6.45) is 3.63. The van der Waals surface area contributed by atoms with Crippen LogP contribution in [-0.2, 0) is 4.79 Å². The first-order valence-corrected chi connectivity index (χ1v) is 9.61. The van der Waals surface area contributed by atoms with E-state index in [1.54, 1.807) is 6.92 Å². The third kappa shape index (κ3) is 6.65. The fraction of sp³-hybridized carbons (Fsp3) is 0.625. The van der Waals surface area contributed by atoms with E-state index in [9.17, 15) is 9.18 Å². The second kappa shape index (κ2) is 10.3. The molecule has 0 bridgehead atoms. The molecular formula is C16H23Cl2FN2O2S. The van der Waals surface area contributed by atoms with Gasteiger partial charge in [-0.2, -0.15) is 9.37 Å². The maximum atomic E-state index is 13.5. The molecule has 2 N–H and O–H groups in total. The van der Waals surface area contributed by atoms with Gasteiger partial charge in [0.1, 0.15) is 10.0 Å². The topological polar surface area (TPSA) is 65.2 Å². The van der Waals surface area contributed by atoms with Crippen LogP contribution < -0.4 is 10.5 Å². The Morgan fingerprint density at radius 1 is 1.25 bits per heavy atom. The van der Waals surface area contributed by atoms with Crippen molar-refractivity contribution in [3.05, 3.63) is 16.0 Å². The molecule has 0 aliphatic rings. The highest BCUT2D eigenvalue weighted by Gasteiger charge is 2.21. The molecule has 4 nitrogen and oxygen atoms in total. The highest BCUT2D eigenvalue weighted by Crippen LogP contribution is 2.35. The van der Waals surface area contributed by atoms with Gasteiger partial charge in [-0.25, -0.2) is 0 Å². The summed E-state index contributed by atoms with van der Waals surface area (Å²) in [5, 5.41) is -0.618. The van der Waals surface area contributed by atoms with Crippen LogP contribution >= 0.6 is 35.0 Å². The van der Waals surface area contributed by atoms with Crippen LogP contribution in [0.2, 0.25) is 10.0 Å². The molecule has 0 spiro atoms. The van der Waals surface area contributed by atoms with Crippen molar-refractivity contribution in [2.75, 3.05) is 11.5 Å². The number of nitrogen functional groups attached to an aromatic ring is 1. The van der Waals surface area contributed by atoms with Crippen molar-refractivity contribution in [1.29, 1.82) is 0 Å². The molecule has 0 amide bonds. The Labute approximate surface area is 156 Å². The number of nitrogens with zero attached hydrogens (tertiary/aromatic N) is 1. The lowest BCUT2D eigenvalue weighted by molar-refractivity contribution is -0.116. The summed E-state index contributed by atoms with van der Waals surface area (Å²) in [5.41, 5.74) is 5.41. The average Bonchev–Trinajstić information content (AvgIpc) is 2.53. The zero-order valence-electron chi connectivity index (χ0n) is 14.1. The number of rotatable bonds is 9. The predicted octanol–water partition coefficient (Wildman–Crippen LogP) is 5.35. The summed E-state index contributed by atoms with van der Waals surface area (Å²) >= 11 is 12.7. The summed E-state index contributed by atoms with van der Waals surface area (Å²) in [4.78, 5) is 15.6. The van der Waals surface area contributed by atoms with Gasteiger partial charge >= 0.3 is 0 Å². The smallest absolute Gasteiger partial charge is 0.238 e. The van der Waals surface area contributed by atoms with Crippen LogP contribution in [0.3, 0.4) is 0 Å². The molecule has 0 fully saturated rings. The molecule has 0 aliphatic carbocycles. The second-order valence-corrected chi connectivity index (χ2v) is 7.78. The highest BCUT2D eigenvalue weighted by molar-refractivity contribution is 8.13. The van der Waals surface area contributed by atoms with E-state index in [4.69, 9.17) is 33.7 Å². The van der Waals surface area contributed by atoms with Crippen LogP contribution in [0.4, 0.5) is 10.1 Å². The van der Waals surface area contributed by atoms with Crippen molar-refractivity contribution in [3.8, 4) is 5.88 Å². The van der Waals surface area contributed by atoms with Gasteiger partial charge in [-0.15, -0.1) is 0 Å². The molecular weight excluding hydrogens is 374 g/mol. The lowest BCUT2D eigenvalue weighted by Gasteiger charge is -2.15. The zero-order chi connectivity index (χ0) is 18.3. The molecule has 1 aromatic heterocycles. The minimum Gasteiger partial charge on any atom is -0.464 e. The Morgan fingerprint density at radius 2 is 1.92 bits per heavy atom. The first-order valence-electron chi connectivity index (χ1n) is 7.87. The molecule has 1 atom stereocenters. The molecule has 0 saturated carbocycles. The van der Waals surface area contributed by atoms with E-state index in [1.165, 1.54) is 24.6 Å². The molecule has 1 heterocycles. The quantitative estimate of drug-likeness (QED) is 0.449. The van der Waals surface area contributed by atoms with Crippen LogP contribution in [0.25, 0.3) is 0 Å². The minimum absolute atomic E-state index is 0.0975. The van der Waals surface area contributed by atoms with E-state index in [0.29, 0.717) is 5.92 Å². The van der Waals surface area contributed by atoms with Gasteiger partial charge in [-0.1, -0.05) is 68.1 Å². The Balaban J connectivity index is 2.45. The van der Waals surface area contributed by atoms with Gasteiger partial charge in [0.15, 0.2) is 6.10 Å². The number of hydrogen-bond donors (Lipinski definition) is 1. The van der Waals surface area contributed by atoms with Gasteiger partial charge in [-0.05, 0) is 19.3 Å². The lowest BCUT2D eigenvalue weighted by atomic mass is 10.1. The Morgan fingerprint density at radius 3 is 2.54 bits per heavy atom. The van der Waals surface area contributed by atoms with Crippen LogP contribution in [0.15, 0.2) is 0 Å². The average molecular weight is 397 g/mol. The van der Waals surface area contributed by atoms with Gasteiger partial charge in [0, 0.05) is 5.75 Å². The molecule has 0 aliphatic heterocycles. The molecule has 0 saturated heterocycles. The molecule has 136 valence electrons. The van der Waals surface area contributed by atoms with Gasteiger partial charge in [0.2, 0.25) is 16.9 Å². The van der Waals surface area contributed by atoms with Crippen molar-refractivity contribution in [2.45, 2.75) is 52.6 Å². The maximum Gasteiger partial charge on any atom is 0.238 e. The highest BCUT2D eigenvalue weighted by atomic mass is 35.5. The number of halogens is 3. The number of aromatic nitrogens is 1. The van der Waals surface area contributed by atoms with Crippen LogP contribution in [0.5, 0.6) is 5.88 Å². The number of pyridine rings is 1. The number of ether oxygens (including phenoxy) is 1. The molecule has 0 radical (unpaired) electrons. The largest absolute Gasteiger partial charge is 0.464 e. The number of carbonyl (C=O) groups is 1. The van der Waals surface area contributed by atoms with Crippen molar-refractivity contribution >= 4 is 45.8 Å². The molecule has 8 heteroatoms. The third-order valence-corrected chi connectivity index (χ3v) is 5.17. The summed E-state index contributed by atoms with van der Waals surface area (Å²) in [6, 6.07) is 0. The van der Waals surface area contributed by atoms with Crippen molar-refractivity contribution in [3.63, 3.8) is 0 Å². The standard InChI is InChI=1S/C16H23Cl2FN2O2S/c1-9(2)7-5-4-6-8-24-16(22)10(3)23-15-12(18)13(20)11(17)14(19)21-15/h9-10H,4-8H2,1-3H3,(H2,20,21)/t10-/m1/s1. The summed E-state index contributed by atoms with van der Waals surface area (Å²) < 4.78 is 18.8. The van der Waals surface area contributed by atoms with E-state index in [0.717, 1.165) is 18.6 Å². The molecule has 1 rings (SSSR count). The summed E-state index contributed by atoms with van der Waals surface area (Å²) in [6.45, 7) is 5.96. The SMILES string of the molecule is CC(C)CCCCCSC(=O)[C@@H](C)Oc1nc(F)c(Cl)c(N)c1Cl. The maximum absolute atomic E-state index is 13.5. The predicted molar refractivity (Wildman–Crippen MR) is 99.5 cm³/mol. The number of carbonyl (C=O) groups excluding carboxylic acids is 1. The molecule has 0 unspecified atom stereocenters. The fourth-order valence-electron chi connectivity index (χ4n) is 1.93. The molecule has 0 aromatic carbocycles. The van der Waals surface area contributed by atoms with E-state index >= 15 is 0 Å². The number of nitrogens with two attached hydrogens (primary N) is 1. The lowest BCUT2D eigenvalue weighted by Crippen LogP contribution is -2.22. The van der Waals surface area contributed by atoms with Crippen molar-refractivity contribution < 1.29 is 13.9 Å². The number of thioether (sulfide) groups is 1. The first kappa shape index (κ1) is 21.3. The van der Waals surface area contributed by atoms with Crippen LogP contribution in [0.1, 0.15) is 46.5 Å².